The van der Waals surface area contributed by atoms with Crippen molar-refractivity contribution in [2.24, 2.45) is 23.0 Å². The monoisotopic (exact) mass is 291 g/mol. The predicted molar refractivity (Wildman–Crippen MR) is 83.7 cm³/mol. The van der Waals surface area contributed by atoms with Gasteiger partial charge in [0.05, 0.1) is 18.2 Å². The fraction of sp³-hybridized carbons (Fsp3) is 0.824. The highest BCUT2D eigenvalue weighted by molar-refractivity contribution is 5.12. The van der Waals surface area contributed by atoms with Crippen LogP contribution in [0.2, 0.25) is 0 Å². The van der Waals surface area contributed by atoms with Crippen molar-refractivity contribution in [3.63, 3.8) is 0 Å². The first-order chi connectivity index (χ1) is 10.1. The molecule has 1 aromatic heterocycles. The summed E-state index contributed by atoms with van der Waals surface area (Å²) in [6.45, 7) is 5.17. The minimum atomic E-state index is -0.473. The third-order valence-electron chi connectivity index (χ3n) is 5.87. The van der Waals surface area contributed by atoms with Gasteiger partial charge in [-0.3, -0.25) is 0 Å². The van der Waals surface area contributed by atoms with Crippen molar-refractivity contribution < 1.29 is 5.11 Å². The summed E-state index contributed by atoms with van der Waals surface area (Å²) in [4.78, 5) is 4.27. The van der Waals surface area contributed by atoms with E-state index in [2.05, 4.69) is 23.4 Å². The van der Waals surface area contributed by atoms with E-state index >= 15 is 0 Å². The van der Waals surface area contributed by atoms with E-state index < -0.39 is 6.10 Å². The van der Waals surface area contributed by atoms with Crippen molar-refractivity contribution in [2.45, 2.75) is 64.5 Å². The smallest absolute Gasteiger partial charge is 0.102 e. The first-order valence-electron chi connectivity index (χ1n) is 8.47. The van der Waals surface area contributed by atoms with Gasteiger partial charge in [0.15, 0.2) is 0 Å². The predicted octanol–water partition coefficient (Wildman–Crippen LogP) is 3.04. The molecule has 4 nitrogen and oxygen atoms in total. The van der Waals surface area contributed by atoms with E-state index in [1.54, 1.807) is 0 Å². The van der Waals surface area contributed by atoms with Gasteiger partial charge < -0.3 is 15.4 Å². The second-order valence-electron chi connectivity index (χ2n) is 7.51. The van der Waals surface area contributed by atoms with E-state index in [1.807, 2.05) is 12.5 Å². The Bertz CT molecular complexity index is 470. The Morgan fingerprint density at radius 2 is 2.00 bits per heavy atom. The number of hydrogen-bond acceptors (Lipinski definition) is 3. The SMILES string of the molecule is CC(C)C1CCC(CN)(C(O)c2cncn2C2CC2)CC1. The van der Waals surface area contributed by atoms with E-state index in [1.165, 1.54) is 25.7 Å². The number of nitrogens with zero attached hydrogens (tertiary/aromatic N) is 2. The Kier molecular flexibility index (Phi) is 4.10. The average molecular weight is 291 g/mol. The van der Waals surface area contributed by atoms with Crippen LogP contribution in [0.3, 0.4) is 0 Å². The molecule has 1 atom stereocenters. The zero-order valence-electron chi connectivity index (χ0n) is 13.3. The summed E-state index contributed by atoms with van der Waals surface area (Å²) in [5.41, 5.74) is 6.94. The molecule has 21 heavy (non-hydrogen) atoms. The number of imidazole rings is 1. The Labute approximate surface area is 127 Å². The molecule has 0 aromatic carbocycles. The average Bonchev–Trinajstić information content (AvgIpc) is 3.23. The van der Waals surface area contributed by atoms with Crippen molar-refractivity contribution in [3.05, 3.63) is 18.2 Å². The number of aliphatic hydroxyl groups excluding tert-OH is 1. The van der Waals surface area contributed by atoms with Crippen molar-refractivity contribution in [1.82, 2.24) is 9.55 Å². The van der Waals surface area contributed by atoms with Gasteiger partial charge in [0.2, 0.25) is 0 Å². The molecule has 1 unspecified atom stereocenters. The topological polar surface area (TPSA) is 64.1 Å². The van der Waals surface area contributed by atoms with Gasteiger partial charge in [0.25, 0.3) is 0 Å². The maximum atomic E-state index is 11.0. The van der Waals surface area contributed by atoms with Crippen molar-refractivity contribution >= 4 is 0 Å². The van der Waals surface area contributed by atoms with E-state index in [0.29, 0.717) is 12.6 Å². The second kappa shape index (κ2) is 5.73. The minimum Gasteiger partial charge on any atom is -0.386 e. The van der Waals surface area contributed by atoms with Crippen LogP contribution in [0.1, 0.15) is 70.2 Å². The van der Waals surface area contributed by atoms with Crippen LogP contribution in [0.15, 0.2) is 12.5 Å². The Morgan fingerprint density at radius 1 is 1.33 bits per heavy atom. The molecule has 3 rings (SSSR count). The first kappa shape index (κ1) is 15.0. The summed E-state index contributed by atoms with van der Waals surface area (Å²) in [7, 11) is 0. The molecule has 2 fully saturated rings. The summed E-state index contributed by atoms with van der Waals surface area (Å²) >= 11 is 0. The molecule has 2 saturated carbocycles. The lowest BCUT2D eigenvalue weighted by molar-refractivity contribution is -0.0193. The van der Waals surface area contributed by atoms with E-state index in [-0.39, 0.29) is 5.41 Å². The van der Waals surface area contributed by atoms with Crippen LogP contribution in [0.4, 0.5) is 0 Å². The molecule has 0 saturated heterocycles. The van der Waals surface area contributed by atoms with Crippen LogP contribution in [0, 0.1) is 17.3 Å². The molecule has 0 bridgehead atoms. The van der Waals surface area contributed by atoms with Gasteiger partial charge in [0.1, 0.15) is 6.10 Å². The zero-order chi connectivity index (χ0) is 15.0. The molecular formula is C17H29N3O. The largest absolute Gasteiger partial charge is 0.386 e. The Balaban J connectivity index is 1.78. The van der Waals surface area contributed by atoms with E-state index in [9.17, 15) is 5.11 Å². The molecule has 0 aliphatic heterocycles. The van der Waals surface area contributed by atoms with Crippen molar-refractivity contribution in [3.8, 4) is 0 Å². The van der Waals surface area contributed by atoms with Crippen LogP contribution in [-0.2, 0) is 0 Å². The molecule has 118 valence electrons. The molecule has 0 radical (unpaired) electrons. The summed E-state index contributed by atoms with van der Waals surface area (Å²) in [5, 5.41) is 11.0. The first-order valence-corrected chi connectivity index (χ1v) is 8.47. The minimum absolute atomic E-state index is 0.155. The lowest BCUT2D eigenvalue weighted by atomic mass is 9.64. The third-order valence-corrected chi connectivity index (χ3v) is 5.87. The normalized spacial score (nSPS) is 31.6. The number of aliphatic hydroxyl groups is 1. The Hall–Kier alpha value is -0.870. The van der Waals surface area contributed by atoms with Gasteiger partial charge in [-0.15, -0.1) is 0 Å². The van der Waals surface area contributed by atoms with Gasteiger partial charge in [0, 0.05) is 18.0 Å². The lowest BCUT2D eigenvalue weighted by Crippen LogP contribution is -2.41. The van der Waals surface area contributed by atoms with Crippen molar-refractivity contribution in [1.29, 1.82) is 0 Å². The van der Waals surface area contributed by atoms with E-state index in [0.717, 1.165) is 30.4 Å². The Morgan fingerprint density at radius 3 is 2.52 bits per heavy atom. The second-order valence-corrected chi connectivity index (χ2v) is 7.51. The molecule has 2 aliphatic rings. The number of rotatable bonds is 5. The molecule has 2 aliphatic carbocycles. The van der Waals surface area contributed by atoms with Crippen LogP contribution >= 0.6 is 0 Å². The van der Waals surface area contributed by atoms with Crippen molar-refractivity contribution in [2.75, 3.05) is 6.54 Å². The molecule has 0 spiro atoms. The van der Waals surface area contributed by atoms with Gasteiger partial charge in [-0.25, -0.2) is 4.98 Å². The van der Waals surface area contributed by atoms with Gasteiger partial charge in [-0.1, -0.05) is 13.8 Å². The molecule has 4 heteroatoms. The summed E-state index contributed by atoms with van der Waals surface area (Å²) in [6, 6.07) is 0.555. The summed E-state index contributed by atoms with van der Waals surface area (Å²) in [6.07, 6.45) is 10.1. The van der Waals surface area contributed by atoms with Crippen LogP contribution in [0.25, 0.3) is 0 Å². The molecule has 1 aromatic rings. The fourth-order valence-corrected chi connectivity index (χ4v) is 3.97. The molecule has 3 N–H and O–H groups in total. The quantitative estimate of drug-likeness (QED) is 0.876. The van der Waals surface area contributed by atoms with Crippen LogP contribution < -0.4 is 5.73 Å². The van der Waals surface area contributed by atoms with Gasteiger partial charge in [-0.05, 0) is 50.4 Å². The van der Waals surface area contributed by atoms with Gasteiger partial charge in [-0.2, -0.15) is 0 Å². The number of hydrogen-bond donors (Lipinski definition) is 2. The van der Waals surface area contributed by atoms with Gasteiger partial charge >= 0.3 is 0 Å². The highest BCUT2D eigenvalue weighted by Crippen LogP contribution is 2.49. The maximum Gasteiger partial charge on any atom is 0.102 e. The standard InChI is InChI=1S/C17H29N3O/c1-12(2)13-5-7-17(10-18,8-6-13)16(21)15-9-19-11-20(15)14-3-4-14/h9,11-14,16,21H,3-8,10,18H2,1-2H3. The molecule has 1 heterocycles. The highest BCUT2D eigenvalue weighted by Gasteiger charge is 2.43. The highest BCUT2D eigenvalue weighted by atomic mass is 16.3. The molecular weight excluding hydrogens is 262 g/mol. The number of aromatic nitrogens is 2. The summed E-state index contributed by atoms with van der Waals surface area (Å²) in [5.74, 6) is 1.51. The fourth-order valence-electron chi connectivity index (χ4n) is 3.97. The molecule has 0 amide bonds. The van der Waals surface area contributed by atoms with Crippen LogP contribution in [0.5, 0.6) is 0 Å². The van der Waals surface area contributed by atoms with Crippen LogP contribution in [-0.4, -0.2) is 21.2 Å². The zero-order valence-corrected chi connectivity index (χ0v) is 13.3. The van der Waals surface area contributed by atoms with E-state index in [4.69, 9.17) is 5.73 Å². The third kappa shape index (κ3) is 2.76. The number of nitrogens with two attached hydrogens (primary N) is 1. The lowest BCUT2D eigenvalue weighted by Gasteiger charge is -2.43. The summed E-state index contributed by atoms with van der Waals surface area (Å²) < 4.78 is 2.18. The maximum absolute atomic E-state index is 11.0.